The minimum Gasteiger partial charge on any atom is -0.494 e. The number of amides is 1. The van der Waals surface area contributed by atoms with Crippen molar-refractivity contribution in [3.8, 4) is 5.75 Å². The number of ether oxygens (including phenoxy) is 1. The van der Waals surface area contributed by atoms with Crippen LogP contribution >= 0.6 is 11.3 Å². The maximum Gasteiger partial charge on any atom is 0.433 e. The average molecular weight is 450 g/mol. The van der Waals surface area contributed by atoms with Gasteiger partial charge >= 0.3 is 11.8 Å². The van der Waals surface area contributed by atoms with Gasteiger partial charge in [0.15, 0.2) is 0 Å². The van der Waals surface area contributed by atoms with Gasteiger partial charge in [-0.2, -0.15) is 10.1 Å². The van der Waals surface area contributed by atoms with E-state index in [1.54, 1.807) is 24.3 Å². The number of furan rings is 1. The standard InChI is InChI=1S/C22H18N4O5S/c1-3-30-16-7-5-15(6-8-16)13-23-25(21(27)18-10-11-20(31-18)26(28)29)22-24-17-9-4-14(2)12-19(17)32-22/h4-13H,3H2,1-2H3/b23-13+. The number of thiazole rings is 1. The van der Waals surface area contributed by atoms with Crippen LogP contribution in [0.4, 0.5) is 11.0 Å². The van der Waals surface area contributed by atoms with Crippen LogP contribution in [-0.2, 0) is 0 Å². The fourth-order valence-corrected chi connectivity index (χ4v) is 3.91. The lowest BCUT2D eigenvalue weighted by Gasteiger charge is -2.11. The summed E-state index contributed by atoms with van der Waals surface area (Å²) in [5.41, 5.74) is 2.51. The molecule has 2 aromatic carbocycles. The number of rotatable bonds is 7. The summed E-state index contributed by atoms with van der Waals surface area (Å²) in [6.07, 6.45) is 1.50. The molecule has 32 heavy (non-hydrogen) atoms. The lowest BCUT2D eigenvalue weighted by atomic mass is 10.2. The Labute approximate surface area is 186 Å². The molecule has 0 spiro atoms. The lowest BCUT2D eigenvalue weighted by molar-refractivity contribution is -0.402. The SMILES string of the molecule is CCOc1ccc(/C=N/N(C(=O)c2ccc([N+](=O)[O-])o2)c2nc3ccc(C)cc3s2)cc1. The van der Waals surface area contributed by atoms with Crippen molar-refractivity contribution in [2.24, 2.45) is 5.10 Å². The summed E-state index contributed by atoms with van der Waals surface area (Å²) in [6.45, 7) is 4.42. The van der Waals surface area contributed by atoms with Gasteiger partial charge in [0.2, 0.25) is 10.9 Å². The van der Waals surface area contributed by atoms with E-state index in [0.717, 1.165) is 38.2 Å². The molecular formula is C22H18N4O5S. The van der Waals surface area contributed by atoms with Crippen LogP contribution in [0.1, 0.15) is 28.6 Å². The molecule has 4 aromatic rings. The number of carbonyl (C=O) groups is 1. The van der Waals surface area contributed by atoms with Gasteiger partial charge in [0.1, 0.15) is 10.7 Å². The van der Waals surface area contributed by atoms with Gasteiger partial charge in [-0.3, -0.25) is 14.9 Å². The third-order valence-corrected chi connectivity index (χ3v) is 5.40. The molecule has 0 unspecified atom stereocenters. The predicted octanol–water partition coefficient (Wildman–Crippen LogP) is 5.19. The molecule has 0 N–H and O–H groups in total. The summed E-state index contributed by atoms with van der Waals surface area (Å²) in [4.78, 5) is 27.9. The number of fused-ring (bicyclic) bond motifs is 1. The largest absolute Gasteiger partial charge is 0.494 e. The number of benzene rings is 2. The molecule has 0 fully saturated rings. The number of hydrogen-bond acceptors (Lipinski definition) is 8. The van der Waals surface area contributed by atoms with Crippen molar-refractivity contribution in [3.63, 3.8) is 0 Å². The highest BCUT2D eigenvalue weighted by Gasteiger charge is 2.26. The van der Waals surface area contributed by atoms with Crippen molar-refractivity contribution >= 4 is 44.7 Å². The molecule has 0 saturated heterocycles. The monoisotopic (exact) mass is 450 g/mol. The summed E-state index contributed by atoms with van der Waals surface area (Å²) in [5, 5.41) is 16.7. The van der Waals surface area contributed by atoms with Gasteiger partial charge in [0, 0.05) is 0 Å². The number of nitro groups is 1. The van der Waals surface area contributed by atoms with Crippen molar-refractivity contribution in [3.05, 3.63) is 81.6 Å². The molecule has 2 heterocycles. The van der Waals surface area contributed by atoms with Gasteiger partial charge in [-0.1, -0.05) is 17.4 Å². The zero-order chi connectivity index (χ0) is 22.7. The molecule has 162 valence electrons. The van der Waals surface area contributed by atoms with E-state index in [2.05, 4.69) is 10.1 Å². The van der Waals surface area contributed by atoms with Gasteiger partial charge in [-0.05, 0) is 67.4 Å². The van der Waals surface area contributed by atoms with E-state index in [9.17, 15) is 14.9 Å². The van der Waals surface area contributed by atoms with Crippen molar-refractivity contribution in [1.82, 2.24) is 4.98 Å². The summed E-state index contributed by atoms with van der Waals surface area (Å²) < 4.78 is 11.4. The van der Waals surface area contributed by atoms with E-state index in [0.29, 0.717) is 11.7 Å². The Morgan fingerprint density at radius 1 is 1.25 bits per heavy atom. The van der Waals surface area contributed by atoms with Gasteiger partial charge in [-0.15, -0.1) is 0 Å². The molecule has 0 atom stereocenters. The summed E-state index contributed by atoms with van der Waals surface area (Å²) in [5.74, 6) is -0.683. The summed E-state index contributed by atoms with van der Waals surface area (Å²) >= 11 is 1.28. The second-order valence-electron chi connectivity index (χ2n) is 6.73. The maximum atomic E-state index is 13.1. The van der Waals surface area contributed by atoms with Crippen LogP contribution in [-0.4, -0.2) is 28.6 Å². The van der Waals surface area contributed by atoms with Crippen molar-refractivity contribution < 1.29 is 18.9 Å². The molecule has 0 aliphatic carbocycles. The fourth-order valence-electron chi connectivity index (χ4n) is 2.89. The first-order valence-electron chi connectivity index (χ1n) is 9.67. The smallest absolute Gasteiger partial charge is 0.433 e. The highest BCUT2D eigenvalue weighted by molar-refractivity contribution is 7.22. The molecule has 0 radical (unpaired) electrons. The van der Waals surface area contributed by atoms with Crippen molar-refractivity contribution in [2.75, 3.05) is 11.6 Å². The van der Waals surface area contributed by atoms with E-state index in [1.165, 1.54) is 23.6 Å². The average Bonchev–Trinajstić information content (AvgIpc) is 3.42. The number of nitrogens with zero attached hydrogens (tertiary/aromatic N) is 4. The van der Waals surface area contributed by atoms with Crippen LogP contribution in [0.5, 0.6) is 5.75 Å². The Hall–Kier alpha value is -4.05. The Balaban J connectivity index is 1.70. The maximum absolute atomic E-state index is 13.1. The van der Waals surface area contributed by atoms with E-state index in [-0.39, 0.29) is 5.76 Å². The zero-order valence-corrected chi connectivity index (χ0v) is 18.0. The molecular weight excluding hydrogens is 432 g/mol. The van der Waals surface area contributed by atoms with E-state index in [4.69, 9.17) is 9.15 Å². The van der Waals surface area contributed by atoms with Gasteiger partial charge in [-0.25, -0.2) is 4.98 Å². The van der Waals surface area contributed by atoms with E-state index in [1.807, 2.05) is 32.0 Å². The Morgan fingerprint density at radius 3 is 2.72 bits per heavy atom. The molecule has 1 amide bonds. The number of carbonyl (C=O) groups excluding carboxylic acids is 1. The molecule has 9 nitrogen and oxygen atoms in total. The fraction of sp³-hybridized carbons (Fsp3) is 0.136. The zero-order valence-electron chi connectivity index (χ0n) is 17.2. The highest BCUT2D eigenvalue weighted by Crippen LogP contribution is 2.31. The first-order valence-corrected chi connectivity index (χ1v) is 10.5. The molecule has 4 rings (SSSR count). The van der Waals surface area contributed by atoms with Crippen LogP contribution in [0.2, 0.25) is 0 Å². The van der Waals surface area contributed by atoms with Gasteiger partial charge < -0.3 is 9.15 Å². The van der Waals surface area contributed by atoms with Crippen LogP contribution in [0.3, 0.4) is 0 Å². The lowest BCUT2D eigenvalue weighted by Crippen LogP contribution is -2.25. The van der Waals surface area contributed by atoms with Gasteiger partial charge in [0.05, 0.1) is 29.1 Å². The number of aryl methyl sites for hydroxylation is 1. The topological polar surface area (TPSA) is 111 Å². The first-order chi connectivity index (χ1) is 15.4. The molecule has 0 aliphatic heterocycles. The number of anilines is 1. The van der Waals surface area contributed by atoms with Crippen molar-refractivity contribution in [2.45, 2.75) is 13.8 Å². The number of aromatic nitrogens is 1. The minimum absolute atomic E-state index is 0.212. The normalized spacial score (nSPS) is 11.2. The van der Waals surface area contributed by atoms with Crippen LogP contribution in [0.25, 0.3) is 10.2 Å². The van der Waals surface area contributed by atoms with Crippen LogP contribution in [0.15, 0.2) is 64.1 Å². The third-order valence-electron chi connectivity index (χ3n) is 4.40. The van der Waals surface area contributed by atoms with Gasteiger partial charge in [0.25, 0.3) is 0 Å². The molecule has 0 saturated carbocycles. The van der Waals surface area contributed by atoms with Crippen molar-refractivity contribution in [1.29, 1.82) is 0 Å². The Bertz CT molecular complexity index is 1310. The molecule has 0 bridgehead atoms. The molecule has 0 aliphatic rings. The Morgan fingerprint density at radius 2 is 2.03 bits per heavy atom. The van der Waals surface area contributed by atoms with E-state index < -0.39 is 16.7 Å². The second-order valence-corrected chi connectivity index (χ2v) is 7.74. The molecule has 10 heteroatoms. The molecule has 2 aromatic heterocycles. The minimum atomic E-state index is -0.704. The highest BCUT2D eigenvalue weighted by atomic mass is 32.1. The number of hydrazone groups is 1. The van der Waals surface area contributed by atoms with E-state index >= 15 is 0 Å². The third kappa shape index (κ3) is 4.49. The van der Waals surface area contributed by atoms with Crippen LogP contribution < -0.4 is 9.75 Å². The number of hydrogen-bond donors (Lipinski definition) is 0. The quantitative estimate of drug-likeness (QED) is 0.218. The Kier molecular flexibility index (Phi) is 5.95. The first kappa shape index (κ1) is 21.2. The van der Waals surface area contributed by atoms with Crippen LogP contribution in [0, 0.1) is 17.0 Å². The summed E-state index contributed by atoms with van der Waals surface area (Å²) in [7, 11) is 0. The second kappa shape index (κ2) is 8.98. The predicted molar refractivity (Wildman–Crippen MR) is 122 cm³/mol. The summed E-state index contributed by atoms with van der Waals surface area (Å²) in [6, 6.07) is 15.3.